The van der Waals surface area contributed by atoms with E-state index in [2.05, 4.69) is 31.3 Å². The summed E-state index contributed by atoms with van der Waals surface area (Å²) in [7, 11) is -2.78. The first kappa shape index (κ1) is 14.9. The predicted molar refractivity (Wildman–Crippen MR) is 83.4 cm³/mol. The number of nitrogens with one attached hydrogen (secondary N) is 1. The fourth-order valence-electron chi connectivity index (χ4n) is 3.13. The molecule has 3 rings (SSSR count). The highest BCUT2D eigenvalue weighted by Gasteiger charge is 2.30. The summed E-state index contributed by atoms with van der Waals surface area (Å²) < 4.78 is 28.7. The summed E-state index contributed by atoms with van der Waals surface area (Å²) in [6, 6.07) is 6.66. The van der Waals surface area contributed by atoms with E-state index in [0.29, 0.717) is 17.5 Å². The van der Waals surface area contributed by atoms with Crippen LogP contribution in [0.1, 0.15) is 37.8 Å². The first-order valence-corrected chi connectivity index (χ1v) is 9.40. The van der Waals surface area contributed by atoms with E-state index in [1.807, 2.05) is 6.07 Å². The Morgan fingerprint density at radius 2 is 2.00 bits per heavy atom. The van der Waals surface area contributed by atoms with Crippen LogP contribution in [0, 0.1) is 0 Å². The summed E-state index contributed by atoms with van der Waals surface area (Å²) in [6.45, 7) is 5.00. The van der Waals surface area contributed by atoms with Crippen LogP contribution in [0.5, 0.6) is 5.75 Å². The van der Waals surface area contributed by atoms with Gasteiger partial charge in [-0.25, -0.2) is 8.42 Å². The van der Waals surface area contributed by atoms with E-state index in [4.69, 9.17) is 4.74 Å². The number of hydrogen-bond acceptors (Lipinski definition) is 4. The molecule has 1 aromatic rings. The van der Waals surface area contributed by atoms with Gasteiger partial charge in [0.2, 0.25) is 0 Å². The molecule has 0 amide bonds. The van der Waals surface area contributed by atoms with Gasteiger partial charge in [0.05, 0.1) is 11.5 Å². The van der Waals surface area contributed by atoms with Crippen LogP contribution in [0.4, 0.5) is 0 Å². The third-order valence-corrected chi connectivity index (χ3v) is 5.99. The predicted octanol–water partition coefficient (Wildman–Crippen LogP) is 2.07. The second kappa shape index (κ2) is 5.29. The highest BCUT2D eigenvalue weighted by Crippen LogP contribution is 2.35. The quantitative estimate of drug-likeness (QED) is 0.928. The van der Waals surface area contributed by atoms with Gasteiger partial charge in [0, 0.05) is 19.0 Å². The number of ether oxygens (including phenoxy) is 1. The second-order valence-electron chi connectivity index (χ2n) is 6.79. The van der Waals surface area contributed by atoms with Gasteiger partial charge in [-0.3, -0.25) is 0 Å². The molecule has 1 saturated heterocycles. The highest BCUT2D eigenvalue weighted by atomic mass is 32.2. The normalized spacial score (nSPS) is 23.5. The van der Waals surface area contributed by atoms with Crippen molar-refractivity contribution >= 4 is 9.84 Å². The van der Waals surface area contributed by atoms with Gasteiger partial charge < -0.3 is 10.1 Å². The first-order chi connectivity index (χ1) is 9.83. The third kappa shape index (κ3) is 3.58. The lowest BCUT2D eigenvalue weighted by molar-refractivity contribution is 0.138. The van der Waals surface area contributed by atoms with Crippen molar-refractivity contribution in [3.8, 4) is 5.75 Å². The molecule has 5 heteroatoms. The number of fused-ring (bicyclic) bond motifs is 1. The molecular weight excluding hydrogens is 286 g/mol. The molecule has 4 nitrogen and oxygen atoms in total. The molecule has 21 heavy (non-hydrogen) atoms. The minimum atomic E-state index is -2.78. The number of rotatable bonds is 3. The Morgan fingerprint density at radius 1 is 1.29 bits per heavy atom. The Balaban J connectivity index is 1.58. The average molecular weight is 309 g/mol. The van der Waals surface area contributed by atoms with E-state index in [-0.39, 0.29) is 5.60 Å². The van der Waals surface area contributed by atoms with E-state index in [9.17, 15) is 8.42 Å². The lowest BCUT2D eigenvalue weighted by atomic mass is 10.00. The maximum atomic E-state index is 11.4. The van der Waals surface area contributed by atoms with E-state index in [1.165, 1.54) is 11.1 Å². The molecule has 0 unspecified atom stereocenters. The lowest BCUT2D eigenvalue weighted by Gasteiger charge is -2.23. The van der Waals surface area contributed by atoms with Crippen LogP contribution in [-0.2, 0) is 22.8 Å². The molecule has 116 valence electrons. The van der Waals surface area contributed by atoms with Crippen molar-refractivity contribution in [1.82, 2.24) is 5.32 Å². The smallest absolute Gasteiger partial charge is 0.150 e. The van der Waals surface area contributed by atoms with Gasteiger partial charge in [0.15, 0.2) is 0 Å². The van der Waals surface area contributed by atoms with Crippen LogP contribution in [0.2, 0.25) is 0 Å². The monoisotopic (exact) mass is 309 g/mol. The van der Waals surface area contributed by atoms with Gasteiger partial charge in [-0.2, -0.15) is 0 Å². The van der Waals surface area contributed by atoms with Gasteiger partial charge in [-0.15, -0.1) is 0 Å². The summed E-state index contributed by atoms with van der Waals surface area (Å²) in [4.78, 5) is 0. The van der Waals surface area contributed by atoms with Crippen LogP contribution in [0.15, 0.2) is 18.2 Å². The lowest BCUT2D eigenvalue weighted by Crippen LogP contribution is -2.37. The molecule has 0 atom stereocenters. The first-order valence-electron chi connectivity index (χ1n) is 7.58. The third-order valence-electron chi connectivity index (χ3n) is 4.28. The summed E-state index contributed by atoms with van der Waals surface area (Å²) in [5, 5.41) is 3.48. The molecule has 0 aliphatic carbocycles. The highest BCUT2D eigenvalue weighted by molar-refractivity contribution is 7.91. The number of sulfone groups is 1. The Labute approximate surface area is 126 Å². The van der Waals surface area contributed by atoms with E-state index in [1.54, 1.807) is 0 Å². The van der Waals surface area contributed by atoms with Gasteiger partial charge in [0.1, 0.15) is 21.2 Å². The maximum absolute atomic E-state index is 11.4. The molecular formula is C16H23NO3S. The maximum Gasteiger partial charge on any atom is 0.150 e. The molecule has 0 aromatic heterocycles. The van der Waals surface area contributed by atoms with Crippen molar-refractivity contribution in [2.24, 2.45) is 0 Å². The van der Waals surface area contributed by atoms with E-state index in [0.717, 1.165) is 31.6 Å². The Hall–Kier alpha value is -1.07. The summed E-state index contributed by atoms with van der Waals surface area (Å²) >= 11 is 0. The van der Waals surface area contributed by atoms with Crippen molar-refractivity contribution < 1.29 is 13.2 Å². The number of hydrogen-bond donors (Lipinski definition) is 1. The van der Waals surface area contributed by atoms with Crippen molar-refractivity contribution in [2.45, 2.75) is 51.3 Å². The zero-order chi connectivity index (χ0) is 15.1. The van der Waals surface area contributed by atoms with Gasteiger partial charge in [0.25, 0.3) is 0 Å². The van der Waals surface area contributed by atoms with Crippen LogP contribution in [0.25, 0.3) is 0 Å². The standard InChI is InChI=1S/C16H23NO3S/c1-16(2)10-13-9-12(3-4-15(13)20-16)11-17-14-5-7-21(18,19)8-6-14/h3-4,9,14,17H,5-8,10-11H2,1-2H3. The van der Waals surface area contributed by atoms with Crippen LogP contribution >= 0.6 is 0 Å². The van der Waals surface area contributed by atoms with E-state index < -0.39 is 9.84 Å². The Morgan fingerprint density at radius 3 is 2.71 bits per heavy atom. The van der Waals surface area contributed by atoms with Gasteiger partial charge in [-0.1, -0.05) is 12.1 Å². The molecule has 1 fully saturated rings. The minimum Gasteiger partial charge on any atom is -0.487 e. The molecule has 2 heterocycles. The van der Waals surface area contributed by atoms with Gasteiger partial charge >= 0.3 is 0 Å². The van der Waals surface area contributed by atoms with Crippen LogP contribution < -0.4 is 10.1 Å². The van der Waals surface area contributed by atoms with Crippen molar-refractivity contribution in [3.63, 3.8) is 0 Å². The van der Waals surface area contributed by atoms with Crippen molar-refractivity contribution in [1.29, 1.82) is 0 Å². The van der Waals surface area contributed by atoms with Crippen molar-refractivity contribution in [3.05, 3.63) is 29.3 Å². The fourth-order valence-corrected chi connectivity index (χ4v) is 4.62. The molecule has 0 bridgehead atoms. The summed E-state index contributed by atoms with van der Waals surface area (Å²) in [5.74, 6) is 1.63. The minimum absolute atomic E-state index is 0.105. The Bertz CT molecular complexity index is 623. The summed E-state index contributed by atoms with van der Waals surface area (Å²) in [5.41, 5.74) is 2.40. The van der Waals surface area contributed by atoms with Crippen molar-refractivity contribution in [2.75, 3.05) is 11.5 Å². The molecule has 2 aliphatic heterocycles. The Kier molecular flexibility index (Phi) is 3.74. The molecule has 0 saturated carbocycles. The molecule has 0 radical (unpaired) electrons. The molecule has 0 spiro atoms. The number of benzene rings is 1. The second-order valence-corrected chi connectivity index (χ2v) is 9.09. The van der Waals surface area contributed by atoms with Crippen LogP contribution in [0.3, 0.4) is 0 Å². The SMILES string of the molecule is CC1(C)Cc2cc(CNC3CCS(=O)(=O)CC3)ccc2O1. The van der Waals surface area contributed by atoms with Crippen LogP contribution in [-0.4, -0.2) is 31.6 Å². The summed E-state index contributed by atoms with van der Waals surface area (Å²) in [6.07, 6.45) is 2.39. The zero-order valence-electron chi connectivity index (χ0n) is 12.7. The van der Waals surface area contributed by atoms with Gasteiger partial charge in [-0.05, 0) is 43.9 Å². The molecule has 1 aromatic carbocycles. The molecule has 2 aliphatic rings. The largest absolute Gasteiger partial charge is 0.487 e. The average Bonchev–Trinajstić information content (AvgIpc) is 2.70. The topological polar surface area (TPSA) is 55.4 Å². The van der Waals surface area contributed by atoms with E-state index >= 15 is 0 Å². The zero-order valence-corrected chi connectivity index (χ0v) is 13.5. The fraction of sp³-hybridized carbons (Fsp3) is 0.625. The molecule has 1 N–H and O–H groups in total.